The molecule has 1 heterocycles. The average Bonchev–Trinajstić information content (AvgIpc) is 2.86. The van der Waals surface area contributed by atoms with Crippen LogP contribution in [0.25, 0.3) is 10.8 Å². The number of carbonyl (C=O) groups excluding carboxylic acids is 1. The number of carboxylic acid groups (broad SMARTS) is 1. The number of hydrogen-bond donors (Lipinski definition) is 3. The average molecular weight is 442 g/mol. The highest BCUT2D eigenvalue weighted by Crippen LogP contribution is 2.26. The van der Waals surface area contributed by atoms with Gasteiger partial charge in [0.05, 0.1) is 12.7 Å². The molecule has 0 aliphatic rings. The lowest BCUT2D eigenvalue weighted by Crippen LogP contribution is -2.22. The number of fused-ring (bicyclic) bond motifs is 1. The van der Waals surface area contributed by atoms with Crippen LogP contribution in [-0.2, 0) is 6.54 Å². The number of aliphatic hydroxyl groups is 1. The summed E-state index contributed by atoms with van der Waals surface area (Å²) in [6.07, 6.45) is 0.703. The number of aromatic carboxylic acids is 1. The first-order valence-electron chi connectivity index (χ1n) is 10.3. The van der Waals surface area contributed by atoms with Gasteiger partial charge in [0, 0.05) is 24.4 Å². The number of amides is 1. The minimum Gasteiger partial charge on any atom is -0.481 e. The molecule has 4 aromatic rings. The molecule has 0 saturated carbocycles. The Bertz CT molecular complexity index is 1320. The topological polar surface area (TPSA) is 109 Å². The van der Waals surface area contributed by atoms with Crippen molar-refractivity contribution in [1.29, 1.82) is 0 Å². The molecule has 7 nitrogen and oxygen atoms in total. The van der Waals surface area contributed by atoms with Gasteiger partial charge in [-0.2, -0.15) is 0 Å². The van der Waals surface area contributed by atoms with Crippen molar-refractivity contribution in [3.63, 3.8) is 0 Å². The highest BCUT2D eigenvalue weighted by atomic mass is 16.5. The van der Waals surface area contributed by atoms with Gasteiger partial charge in [0.2, 0.25) is 5.88 Å². The van der Waals surface area contributed by atoms with Gasteiger partial charge in [-0.25, -0.2) is 9.78 Å². The molecule has 0 spiro atoms. The summed E-state index contributed by atoms with van der Waals surface area (Å²) in [6, 6.07) is 20.6. The van der Waals surface area contributed by atoms with Crippen LogP contribution in [0, 0.1) is 0 Å². The third-order valence-electron chi connectivity index (χ3n) is 5.38. The van der Waals surface area contributed by atoms with Crippen molar-refractivity contribution in [2.75, 3.05) is 7.11 Å². The zero-order chi connectivity index (χ0) is 23.4. The Labute approximate surface area is 190 Å². The molecule has 166 valence electrons. The second-order valence-electron chi connectivity index (χ2n) is 7.54. The van der Waals surface area contributed by atoms with E-state index in [2.05, 4.69) is 10.3 Å². The van der Waals surface area contributed by atoms with E-state index in [4.69, 9.17) is 9.84 Å². The van der Waals surface area contributed by atoms with Crippen LogP contribution in [-0.4, -0.2) is 34.2 Å². The monoisotopic (exact) mass is 442 g/mol. The Hall–Kier alpha value is -4.23. The van der Waals surface area contributed by atoms with E-state index < -0.39 is 12.1 Å². The Kier molecular flexibility index (Phi) is 6.33. The van der Waals surface area contributed by atoms with E-state index in [1.165, 1.54) is 19.2 Å². The predicted molar refractivity (Wildman–Crippen MR) is 123 cm³/mol. The SMILES string of the molecule is COc1cc(CNC(=O)c2ccc3ccc(C(O)c4ccc(C(=O)O)cc4)cc3c2)ccn1. The standard InChI is InChI=1S/C26H22N2O5/c1-33-23-12-16(10-11-27-23)15-28-25(30)21-9-3-17-2-8-20(13-22(17)14-21)24(29)18-4-6-19(7-5-18)26(31)32/h2-14,24,29H,15H2,1H3,(H,28,30)(H,31,32). The summed E-state index contributed by atoms with van der Waals surface area (Å²) in [7, 11) is 1.54. The fraction of sp³-hybridized carbons (Fsp3) is 0.115. The van der Waals surface area contributed by atoms with Crippen molar-refractivity contribution in [3.8, 4) is 5.88 Å². The molecule has 1 unspecified atom stereocenters. The lowest BCUT2D eigenvalue weighted by Gasteiger charge is -2.13. The van der Waals surface area contributed by atoms with Crippen LogP contribution in [0.2, 0.25) is 0 Å². The van der Waals surface area contributed by atoms with Crippen molar-refractivity contribution in [3.05, 3.63) is 107 Å². The number of carbonyl (C=O) groups is 2. The highest BCUT2D eigenvalue weighted by Gasteiger charge is 2.13. The Morgan fingerprint density at radius 2 is 1.61 bits per heavy atom. The summed E-state index contributed by atoms with van der Waals surface area (Å²) in [6.45, 7) is 0.334. The number of hydrogen-bond acceptors (Lipinski definition) is 5. The summed E-state index contributed by atoms with van der Waals surface area (Å²) in [5.41, 5.74) is 2.76. The zero-order valence-electron chi connectivity index (χ0n) is 17.9. The quantitative estimate of drug-likeness (QED) is 0.400. The minimum atomic E-state index is -1.02. The van der Waals surface area contributed by atoms with Crippen LogP contribution in [0.5, 0.6) is 5.88 Å². The number of methoxy groups -OCH3 is 1. The number of pyridine rings is 1. The van der Waals surface area contributed by atoms with Gasteiger partial charge in [-0.15, -0.1) is 0 Å². The molecule has 1 aromatic heterocycles. The second kappa shape index (κ2) is 9.50. The van der Waals surface area contributed by atoms with Crippen LogP contribution in [0.4, 0.5) is 0 Å². The minimum absolute atomic E-state index is 0.158. The third kappa shape index (κ3) is 4.99. The summed E-state index contributed by atoms with van der Waals surface area (Å²) >= 11 is 0. The summed E-state index contributed by atoms with van der Waals surface area (Å²) in [4.78, 5) is 27.8. The summed E-state index contributed by atoms with van der Waals surface area (Å²) in [5, 5.41) is 24.4. The van der Waals surface area contributed by atoms with Gasteiger partial charge >= 0.3 is 5.97 Å². The van der Waals surface area contributed by atoms with Gasteiger partial charge in [-0.3, -0.25) is 4.79 Å². The largest absolute Gasteiger partial charge is 0.481 e. The van der Waals surface area contributed by atoms with E-state index in [0.717, 1.165) is 16.3 Å². The fourth-order valence-electron chi connectivity index (χ4n) is 3.53. The molecule has 0 saturated heterocycles. The molecule has 1 atom stereocenters. The maximum atomic E-state index is 12.7. The normalized spacial score (nSPS) is 11.7. The predicted octanol–water partition coefficient (Wildman–Crippen LogP) is 3.95. The lowest BCUT2D eigenvalue weighted by atomic mass is 9.97. The fourth-order valence-corrected chi connectivity index (χ4v) is 3.53. The number of nitrogens with one attached hydrogen (secondary N) is 1. The number of aliphatic hydroxyl groups excluding tert-OH is 1. The van der Waals surface area contributed by atoms with Gasteiger partial charge in [0.15, 0.2) is 0 Å². The molecule has 0 aliphatic carbocycles. The number of carboxylic acids is 1. The van der Waals surface area contributed by atoms with Gasteiger partial charge in [0.25, 0.3) is 5.91 Å². The van der Waals surface area contributed by atoms with Crippen LogP contribution in [0.1, 0.15) is 43.5 Å². The molecule has 0 aliphatic heterocycles. The molecule has 0 fully saturated rings. The van der Waals surface area contributed by atoms with Crippen molar-refractivity contribution in [2.45, 2.75) is 12.6 Å². The molecule has 1 amide bonds. The Balaban J connectivity index is 1.52. The zero-order valence-corrected chi connectivity index (χ0v) is 17.9. The van der Waals surface area contributed by atoms with E-state index in [1.807, 2.05) is 24.3 Å². The molecular weight excluding hydrogens is 420 g/mol. The van der Waals surface area contributed by atoms with E-state index in [1.54, 1.807) is 42.6 Å². The summed E-state index contributed by atoms with van der Waals surface area (Å²) < 4.78 is 5.10. The van der Waals surface area contributed by atoms with E-state index >= 15 is 0 Å². The number of nitrogens with zero attached hydrogens (tertiary/aromatic N) is 1. The maximum absolute atomic E-state index is 12.7. The van der Waals surface area contributed by atoms with E-state index in [9.17, 15) is 14.7 Å². The first-order valence-corrected chi connectivity index (χ1v) is 10.3. The van der Waals surface area contributed by atoms with Crippen LogP contribution in [0.15, 0.2) is 79.0 Å². The smallest absolute Gasteiger partial charge is 0.335 e. The van der Waals surface area contributed by atoms with Crippen molar-refractivity contribution in [2.24, 2.45) is 0 Å². The van der Waals surface area contributed by atoms with Crippen molar-refractivity contribution >= 4 is 22.6 Å². The maximum Gasteiger partial charge on any atom is 0.335 e. The highest BCUT2D eigenvalue weighted by molar-refractivity contribution is 5.98. The van der Waals surface area contributed by atoms with Crippen molar-refractivity contribution in [1.82, 2.24) is 10.3 Å². The molecule has 0 radical (unpaired) electrons. The van der Waals surface area contributed by atoms with Crippen molar-refractivity contribution < 1.29 is 24.5 Å². The van der Waals surface area contributed by atoms with Crippen LogP contribution >= 0.6 is 0 Å². The molecule has 33 heavy (non-hydrogen) atoms. The van der Waals surface area contributed by atoms with Gasteiger partial charge in [-0.1, -0.05) is 30.3 Å². The first kappa shape index (κ1) is 22.0. The van der Waals surface area contributed by atoms with Gasteiger partial charge < -0.3 is 20.3 Å². The lowest BCUT2D eigenvalue weighted by molar-refractivity contribution is 0.0696. The molecule has 3 N–H and O–H groups in total. The molecule has 3 aromatic carbocycles. The second-order valence-corrected chi connectivity index (χ2v) is 7.54. The number of rotatable bonds is 7. The van der Waals surface area contributed by atoms with Crippen LogP contribution < -0.4 is 10.1 Å². The molecular formula is C26H22N2O5. The number of benzene rings is 3. The molecule has 7 heteroatoms. The van der Waals surface area contributed by atoms with Gasteiger partial charge in [0.1, 0.15) is 6.10 Å². The van der Waals surface area contributed by atoms with Gasteiger partial charge in [-0.05, 0) is 63.9 Å². The van der Waals surface area contributed by atoms with E-state index in [0.29, 0.717) is 29.1 Å². The Morgan fingerprint density at radius 1 is 0.909 bits per heavy atom. The van der Waals surface area contributed by atoms with Crippen LogP contribution in [0.3, 0.4) is 0 Å². The summed E-state index contributed by atoms with van der Waals surface area (Å²) in [5.74, 6) is -0.755. The number of ether oxygens (including phenoxy) is 1. The first-order chi connectivity index (χ1) is 15.9. The Morgan fingerprint density at radius 3 is 2.33 bits per heavy atom. The number of aromatic nitrogens is 1. The molecule has 4 rings (SSSR count). The van der Waals surface area contributed by atoms with E-state index in [-0.39, 0.29) is 11.5 Å². The third-order valence-corrected chi connectivity index (χ3v) is 5.38. The molecule has 0 bridgehead atoms.